The molecule has 2 rings (SSSR count). The summed E-state index contributed by atoms with van der Waals surface area (Å²) >= 11 is 1.69. The number of hydrogen-bond donors (Lipinski definition) is 1. The Balaban J connectivity index is 2.25. The van der Waals surface area contributed by atoms with Crippen molar-refractivity contribution in [3.05, 3.63) is 29.8 Å². The van der Waals surface area contributed by atoms with Crippen molar-refractivity contribution in [2.24, 2.45) is 0 Å². The predicted octanol–water partition coefficient (Wildman–Crippen LogP) is 2.40. The van der Waals surface area contributed by atoms with E-state index in [1.807, 2.05) is 17.0 Å². The maximum absolute atomic E-state index is 12.5. The quantitative estimate of drug-likeness (QED) is 0.910. The third kappa shape index (κ3) is 2.87. The first-order chi connectivity index (χ1) is 8.59. The van der Waals surface area contributed by atoms with Gasteiger partial charge in [0.25, 0.3) is 5.91 Å². The number of nitrogens with one attached hydrogen (secondary N) is 1. The molecule has 1 aromatic rings. The first-order valence-electron chi connectivity index (χ1n) is 6.34. The SMILES string of the molecule is Cc1cccc(N(C(=O)C2NCCS2)C(C)C)c1. The summed E-state index contributed by atoms with van der Waals surface area (Å²) in [7, 11) is 0. The molecule has 1 N–H and O–H groups in total. The molecular weight excluding hydrogens is 244 g/mol. The highest BCUT2D eigenvalue weighted by Crippen LogP contribution is 2.24. The van der Waals surface area contributed by atoms with E-state index in [4.69, 9.17) is 0 Å². The van der Waals surface area contributed by atoms with E-state index >= 15 is 0 Å². The summed E-state index contributed by atoms with van der Waals surface area (Å²) in [5.41, 5.74) is 2.17. The van der Waals surface area contributed by atoms with Crippen LogP contribution in [-0.2, 0) is 4.79 Å². The molecule has 0 saturated carbocycles. The molecule has 0 bridgehead atoms. The van der Waals surface area contributed by atoms with Crippen LogP contribution in [0.4, 0.5) is 5.69 Å². The summed E-state index contributed by atoms with van der Waals surface area (Å²) in [5.74, 6) is 1.17. The molecule has 98 valence electrons. The van der Waals surface area contributed by atoms with E-state index < -0.39 is 0 Å². The van der Waals surface area contributed by atoms with Gasteiger partial charge < -0.3 is 4.90 Å². The summed E-state index contributed by atoms with van der Waals surface area (Å²) < 4.78 is 0. The summed E-state index contributed by atoms with van der Waals surface area (Å²) in [6.45, 7) is 7.08. The van der Waals surface area contributed by atoms with E-state index in [2.05, 4.69) is 38.2 Å². The Morgan fingerprint density at radius 3 is 2.83 bits per heavy atom. The summed E-state index contributed by atoms with van der Waals surface area (Å²) in [6.07, 6.45) is 0. The van der Waals surface area contributed by atoms with Gasteiger partial charge in [-0.15, -0.1) is 11.8 Å². The Labute approximate surface area is 113 Å². The van der Waals surface area contributed by atoms with Crippen LogP contribution in [0.2, 0.25) is 0 Å². The number of rotatable bonds is 3. The molecule has 0 aromatic heterocycles. The molecule has 0 radical (unpaired) electrons. The number of hydrogen-bond acceptors (Lipinski definition) is 3. The third-order valence-electron chi connectivity index (χ3n) is 2.97. The van der Waals surface area contributed by atoms with E-state index in [-0.39, 0.29) is 17.3 Å². The summed E-state index contributed by atoms with van der Waals surface area (Å²) in [4.78, 5) is 14.4. The highest BCUT2D eigenvalue weighted by Gasteiger charge is 2.29. The van der Waals surface area contributed by atoms with Crippen LogP contribution in [0.3, 0.4) is 0 Å². The zero-order chi connectivity index (χ0) is 13.1. The first-order valence-corrected chi connectivity index (χ1v) is 7.39. The number of thioether (sulfide) groups is 1. The minimum atomic E-state index is -0.0899. The van der Waals surface area contributed by atoms with Crippen molar-refractivity contribution in [3.8, 4) is 0 Å². The smallest absolute Gasteiger partial charge is 0.254 e. The van der Waals surface area contributed by atoms with Gasteiger partial charge in [0.05, 0.1) is 0 Å². The lowest BCUT2D eigenvalue weighted by Gasteiger charge is -2.29. The molecule has 0 aliphatic carbocycles. The number of anilines is 1. The van der Waals surface area contributed by atoms with Gasteiger partial charge in [0, 0.05) is 24.0 Å². The van der Waals surface area contributed by atoms with Gasteiger partial charge in [0.2, 0.25) is 0 Å². The Kier molecular flexibility index (Phi) is 4.30. The topological polar surface area (TPSA) is 32.3 Å². The molecule has 1 amide bonds. The van der Waals surface area contributed by atoms with Gasteiger partial charge in [-0.1, -0.05) is 12.1 Å². The molecule has 1 unspecified atom stereocenters. The van der Waals surface area contributed by atoms with Gasteiger partial charge in [0.1, 0.15) is 5.37 Å². The first kappa shape index (κ1) is 13.4. The highest BCUT2D eigenvalue weighted by molar-refractivity contribution is 8.00. The number of aryl methyl sites for hydroxylation is 1. The molecule has 1 aliphatic heterocycles. The minimum absolute atomic E-state index is 0.0899. The van der Waals surface area contributed by atoms with Crippen molar-refractivity contribution < 1.29 is 4.79 Å². The molecule has 3 nitrogen and oxygen atoms in total. The average Bonchev–Trinajstić information content (AvgIpc) is 2.82. The lowest BCUT2D eigenvalue weighted by atomic mass is 10.1. The number of nitrogens with zero attached hydrogens (tertiary/aromatic N) is 1. The fourth-order valence-electron chi connectivity index (χ4n) is 2.17. The minimum Gasteiger partial charge on any atom is -0.308 e. The standard InChI is InChI=1S/C14H20N2OS/c1-10(2)16(12-6-4-5-11(3)9-12)14(17)13-15-7-8-18-13/h4-6,9-10,13,15H,7-8H2,1-3H3. The Morgan fingerprint density at radius 1 is 1.50 bits per heavy atom. The highest BCUT2D eigenvalue weighted by atomic mass is 32.2. The average molecular weight is 264 g/mol. The number of carbonyl (C=O) groups excluding carboxylic acids is 1. The largest absolute Gasteiger partial charge is 0.308 e. The van der Waals surface area contributed by atoms with Gasteiger partial charge in [-0.05, 0) is 38.5 Å². The molecule has 1 aliphatic rings. The zero-order valence-electron chi connectivity index (χ0n) is 11.1. The molecule has 1 fully saturated rings. The third-order valence-corrected chi connectivity index (χ3v) is 4.12. The van der Waals surface area contributed by atoms with Crippen LogP contribution in [-0.4, -0.2) is 29.6 Å². The number of benzene rings is 1. The van der Waals surface area contributed by atoms with Gasteiger partial charge >= 0.3 is 0 Å². The van der Waals surface area contributed by atoms with Crippen molar-refractivity contribution in [2.75, 3.05) is 17.2 Å². The normalized spacial score (nSPS) is 19.2. The van der Waals surface area contributed by atoms with E-state index in [0.717, 1.165) is 18.0 Å². The summed E-state index contributed by atoms with van der Waals surface area (Å²) in [5, 5.41) is 3.16. The van der Waals surface area contributed by atoms with E-state index in [1.165, 1.54) is 5.56 Å². The van der Waals surface area contributed by atoms with Gasteiger partial charge in [-0.2, -0.15) is 0 Å². The van der Waals surface area contributed by atoms with Crippen LogP contribution < -0.4 is 10.2 Å². The van der Waals surface area contributed by atoms with Crippen LogP contribution in [0.1, 0.15) is 19.4 Å². The fourth-order valence-corrected chi connectivity index (χ4v) is 3.13. The van der Waals surface area contributed by atoms with Crippen LogP contribution in [0, 0.1) is 6.92 Å². The molecule has 1 atom stereocenters. The lowest BCUT2D eigenvalue weighted by molar-refractivity contribution is -0.118. The Hall–Kier alpha value is -1.00. The maximum Gasteiger partial charge on any atom is 0.254 e. The Morgan fingerprint density at radius 2 is 2.28 bits per heavy atom. The van der Waals surface area contributed by atoms with Crippen LogP contribution in [0.15, 0.2) is 24.3 Å². The predicted molar refractivity (Wildman–Crippen MR) is 78.0 cm³/mol. The lowest BCUT2D eigenvalue weighted by Crippen LogP contribution is -2.46. The number of amides is 1. The summed E-state index contributed by atoms with van der Waals surface area (Å²) in [6, 6.07) is 8.29. The van der Waals surface area contributed by atoms with E-state index in [1.54, 1.807) is 11.8 Å². The second-order valence-electron chi connectivity index (χ2n) is 4.85. The van der Waals surface area contributed by atoms with Gasteiger partial charge in [0.15, 0.2) is 0 Å². The zero-order valence-corrected chi connectivity index (χ0v) is 12.0. The molecule has 1 saturated heterocycles. The van der Waals surface area contributed by atoms with Crippen molar-refractivity contribution in [3.63, 3.8) is 0 Å². The van der Waals surface area contributed by atoms with Crippen LogP contribution in [0.25, 0.3) is 0 Å². The van der Waals surface area contributed by atoms with Crippen molar-refractivity contribution in [2.45, 2.75) is 32.2 Å². The van der Waals surface area contributed by atoms with E-state index in [0.29, 0.717) is 0 Å². The molecule has 1 aromatic carbocycles. The second-order valence-corrected chi connectivity index (χ2v) is 6.06. The van der Waals surface area contributed by atoms with Crippen molar-refractivity contribution in [1.29, 1.82) is 0 Å². The molecule has 0 spiro atoms. The molecule has 18 heavy (non-hydrogen) atoms. The van der Waals surface area contributed by atoms with Crippen molar-refractivity contribution in [1.82, 2.24) is 5.32 Å². The van der Waals surface area contributed by atoms with Crippen LogP contribution in [0.5, 0.6) is 0 Å². The monoisotopic (exact) mass is 264 g/mol. The van der Waals surface area contributed by atoms with Gasteiger partial charge in [-0.25, -0.2) is 0 Å². The fraction of sp³-hybridized carbons (Fsp3) is 0.500. The Bertz CT molecular complexity index is 428. The molecular formula is C14H20N2OS. The maximum atomic E-state index is 12.5. The number of carbonyl (C=O) groups is 1. The molecule has 4 heteroatoms. The van der Waals surface area contributed by atoms with Crippen molar-refractivity contribution >= 4 is 23.4 Å². The molecule has 1 heterocycles. The van der Waals surface area contributed by atoms with E-state index in [9.17, 15) is 4.79 Å². The second kappa shape index (κ2) is 5.76. The van der Waals surface area contributed by atoms with Gasteiger partial charge in [-0.3, -0.25) is 10.1 Å². The van der Waals surface area contributed by atoms with Crippen LogP contribution >= 0.6 is 11.8 Å².